The molecule has 0 spiro atoms. The van der Waals surface area contributed by atoms with Crippen LogP contribution < -0.4 is 0 Å². The summed E-state index contributed by atoms with van der Waals surface area (Å²) in [4.78, 5) is 0. The zero-order valence-electron chi connectivity index (χ0n) is 8.95. The normalized spacial score (nSPS) is 13.4. The van der Waals surface area contributed by atoms with E-state index in [1.54, 1.807) is 6.92 Å². The lowest BCUT2D eigenvalue weighted by Gasteiger charge is -2.18. The van der Waals surface area contributed by atoms with Crippen LogP contribution in [-0.2, 0) is 0 Å². The highest BCUT2D eigenvalue weighted by molar-refractivity contribution is 5.20. The molecule has 1 unspecified atom stereocenters. The second-order valence-corrected chi connectivity index (χ2v) is 3.85. The first-order valence-corrected chi connectivity index (χ1v) is 4.90. The molecule has 0 aromatic carbocycles. The number of unbranched alkanes of at least 4 members (excludes halogenated alkanes) is 1. The van der Waals surface area contributed by atoms with Gasteiger partial charge in [-0.2, -0.15) is 0 Å². The molecule has 80 valence electrons. The van der Waals surface area contributed by atoms with Crippen molar-refractivity contribution in [3.05, 3.63) is 12.2 Å². The summed E-state index contributed by atoms with van der Waals surface area (Å²) in [6, 6.07) is 0. The van der Waals surface area contributed by atoms with Crippen molar-refractivity contribution in [3.63, 3.8) is 0 Å². The lowest BCUT2D eigenvalue weighted by Crippen LogP contribution is -2.21. The maximum Gasteiger partial charge on any atom is 0.247 e. The number of terminal acetylenes is 1. The maximum absolute atomic E-state index is 12.7. The standard InChI is InChI=1S/C12H18F2/c1-5-10(2)8-6-7-9-11(3)12(4,13)14/h1,11H,2,6-9H2,3-4H3. The monoisotopic (exact) mass is 200 g/mol. The predicted molar refractivity (Wildman–Crippen MR) is 56.2 cm³/mol. The average molecular weight is 200 g/mol. The third kappa shape index (κ3) is 5.75. The molecule has 0 bridgehead atoms. The smallest absolute Gasteiger partial charge is 0.207 e. The number of allylic oxidation sites excluding steroid dienone is 1. The molecule has 0 aromatic rings. The fraction of sp³-hybridized carbons (Fsp3) is 0.667. The molecular formula is C12H18F2. The molecule has 0 saturated carbocycles. The van der Waals surface area contributed by atoms with Gasteiger partial charge < -0.3 is 0 Å². The number of hydrogen-bond donors (Lipinski definition) is 0. The van der Waals surface area contributed by atoms with Gasteiger partial charge in [-0.15, -0.1) is 6.42 Å². The van der Waals surface area contributed by atoms with E-state index in [-0.39, 0.29) is 0 Å². The van der Waals surface area contributed by atoms with Crippen LogP contribution in [0, 0.1) is 18.3 Å². The Hall–Kier alpha value is -0.840. The van der Waals surface area contributed by atoms with Gasteiger partial charge in [0.15, 0.2) is 0 Å². The second kappa shape index (κ2) is 5.80. The van der Waals surface area contributed by atoms with E-state index in [0.717, 1.165) is 31.8 Å². The van der Waals surface area contributed by atoms with Gasteiger partial charge in [0.05, 0.1) is 0 Å². The van der Waals surface area contributed by atoms with Gasteiger partial charge in [0, 0.05) is 5.92 Å². The molecule has 14 heavy (non-hydrogen) atoms. The van der Waals surface area contributed by atoms with Gasteiger partial charge in [-0.05, 0) is 31.8 Å². The highest BCUT2D eigenvalue weighted by atomic mass is 19.3. The molecule has 0 aliphatic rings. The summed E-state index contributed by atoms with van der Waals surface area (Å²) in [7, 11) is 0. The summed E-state index contributed by atoms with van der Waals surface area (Å²) in [6.45, 7) is 6.20. The average Bonchev–Trinajstić information content (AvgIpc) is 2.09. The summed E-state index contributed by atoms with van der Waals surface area (Å²) in [5.41, 5.74) is 0.751. The first kappa shape index (κ1) is 13.2. The Morgan fingerprint density at radius 3 is 2.50 bits per heavy atom. The van der Waals surface area contributed by atoms with Gasteiger partial charge in [0.1, 0.15) is 0 Å². The number of hydrogen-bond acceptors (Lipinski definition) is 0. The summed E-state index contributed by atoms with van der Waals surface area (Å²) in [6.07, 6.45) is 8.04. The van der Waals surface area contributed by atoms with E-state index < -0.39 is 11.8 Å². The molecule has 0 radical (unpaired) electrons. The van der Waals surface area contributed by atoms with Crippen LogP contribution in [0.25, 0.3) is 0 Å². The van der Waals surface area contributed by atoms with Gasteiger partial charge in [-0.3, -0.25) is 0 Å². The molecule has 0 aliphatic heterocycles. The van der Waals surface area contributed by atoms with Crippen molar-refractivity contribution in [3.8, 4) is 12.3 Å². The van der Waals surface area contributed by atoms with Crippen LogP contribution in [0.15, 0.2) is 12.2 Å². The van der Waals surface area contributed by atoms with Crippen molar-refractivity contribution in [2.75, 3.05) is 0 Å². The first-order valence-electron chi connectivity index (χ1n) is 4.90. The Labute approximate surface area is 85.4 Å². The molecule has 0 N–H and O–H groups in total. The largest absolute Gasteiger partial charge is 0.247 e. The Kier molecular flexibility index (Phi) is 5.45. The summed E-state index contributed by atoms with van der Waals surface area (Å²) < 4.78 is 25.4. The molecule has 0 amide bonds. The van der Waals surface area contributed by atoms with E-state index in [1.807, 2.05) is 0 Å². The molecule has 0 heterocycles. The predicted octanol–water partition coefficient (Wildman–Crippen LogP) is 4.03. The molecule has 0 fully saturated rings. The fourth-order valence-electron chi connectivity index (χ4n) is 1.11. The van der Waals surface area contributed by atoms with Gasteiger partial charge in [0.25, 0.3) is 0 Å². The second-order valence-electron chi connectivity index (χ2n) is 3.85. The van der Waals surface area contributed by atoms with E-state index in [0.29, 0.717) is 6.42 Å². The number of halogens is 2. The van der Waals surface area contributed by atoms with E-state index in [2.05, 4.69) is 12.5 Å². The van der Waals surface area contributed by atoms with Crippen LogP contribution >= 0.6 is 0 Å². The molecule has 0 saturated heterocycles. The Morgan fingerprint density at radius 2 is 2.07 bits per heavy atom. The van der Waals surface area contributed by atoms with Crippen molar-refractivity contribution >= 4 is 0 Å². The van der Waals surface area contributed by atoms with Crippen LogP contribution in [0.4, 0.5) is 8.78 Å². The maximum atomic E-state index is 12.7. The quantitative estimate of drug-likeness (QED) is 0.448. The van der Waals surface area contributed by atoms with Gasteiger partial charge in [0.2, 0.25) is 5.92 Å². The molecule has 2 heteroatoms. The number of alkyl halides is 2. The Balaban J connectivity index is 3.57. The molecule has 0 rings (SSSR count). The molecule has 0 aliphatic carbocycles. The molecular weight excluding hydrogens is 182 g/mol. The highest BCUT2D eigenvalue weighted by Gasteiger charge is 2.29. The number of rotatable bonds is 6. The van der Waals surface area contributed by atoms with E-state index in [9.17, 15) is 8.78 Å². The van der Waals surface area contributed by atoms with Gasteiger partial charge in [-0.25, -0.2) is 8.78 Å². The third-order valence-corrected chi connectivity index (χ3v) is 2.44. The minimum atomic E-state index is -2.57. The summed E-state index contributed by atoms with van der Waals surface area (Å²) in [5, 5.41) is 0. The van der Waals surface area contributed by atoms with Gasteiger partial charge >= 0.3 is 0 Å². The zero-order valence-corrected chi connectivity index (χ0v) is 8.95. The minimum absolute atomic E-state index is 0.543. The van der Waals surface area contributed by atoms with Crippen LogP contribution in [-0.4, -0.2) is 5.92 Å². The van der Waals surface area contributed by atoms with E-state index in [4.69, 9.17) is 6.42 Å². The van der Waals surface area contributed by atoms with Crippen molar-refractivity contribution in [2.45, 2.75) is 45.5 Å². The Morgan fingerprint density at radius 1 is 1.50 bits per heavy atom. The first-order chi connectivity index (χ1) is 6.38. The third-order valence-electron chi connectivity index (χ3n) is 2.44. The topological polar surface area (TPSA) is 0 Å². The van der Waals surface area contributed by atoms with Gasteiger partial charge in [-0.1, -0.05) is 25.8 Å². The highest BCUT2D eigenvalue weighted by Crippen LogP contribution is 2.27. The van der Waals surface area contributed by atoms with Crippen molar-refractivity contribution in [2.24, 2.45) is 5.92 Å². The zero-order chi connectivity index (χ0) is 11.2. The van der Waals surface area contributed by atoms with E-state index in [1.165, 1.54) is 0 Å². The van der Waals surface area contributed by atoms with Crippen LogP contribution in [0.5, 0.6) is 0 Å². The van der Waals surface area contributed by atoms with Crippen molar-refractivity contribution < 1.29 is 8.78 Å². The SMILES string of the molecule is C#CC(=C)CCCCC(C)C(C)(F)F. The van der Waals surface area contributed by atoms with Crippen LogP contribution in [0.1, 0.15) is 39.5 Å². The lowest BCUT2D eigenvalue weighted by molar-refractivity contribution is -0.0360. The fourth-order valence-corrected chi connectivity index (χ4v) is 1.11. The van der Waals surface area contributed by atoms with Crippen LogP contribution in [0.3, 0.4) is 0 Å². The van der Waals surface area contributed by atoms with Crippen molar-refractivity contribution in [1.29, 1.82) is 0 Å². The summed E-state index contributed by atoms with van der Waals surface area (Å²) in [5.74, 6) is -0.680. The summed E-state index contributed by atoms with van der Waals surface area (Å²) >= 11 is 0. The minimum Gasteiger partial charge on any atom is -0.207 e. The molecule has 0 aromatic heterocycles. The Bertz CT molecular complexity index is 217. The molecule has 0 nitrogen and oxygen atoms in total. The van der Waals surface area contributed by atoms with E-state index >= 15 is 0 Å². The lowest BCUT2D eigenvalue weighted by atomic mass is 9.97. The molecule has 1 atom stereocenters. The van der Waals surface area contributed by atoms with Crippen molar-refractivity contribution in [1.82, 2.24) is 0 Å². The van der Waals surface area contributed by atoms with Crippen LogP contribution in [0.2, 0.25) is 0 Å².